The summed E-state index contributed by atoms with van der Waals surface area (Å²) in [5.41, 5.74) is 8.19. The summed E-state index contributed by atoms with van der Waals surface area (Å²) in [7, 11) is 0. The lowest BCUT2D eigenvalue weighted by atomic mass is 9.82. The minimum Gasteiger partial charge on any atom is -0.372 e. The van der Waals surface area contributed by atoms with Crippen molar-refractivity contribution in [2.24, 2.45) is 0 Å². The standard InChI is InChI=1S/C26H25N3/c1-4-21-8-10-22(11-9-21)20(3)28-16-13-26(14-17-28)25-6-5-15-29(25)24-12-7-19(2)18-23(24)27-26/h1,5-12,15,18,27H,3,13-14,16-17H2,2H3. The number of piperidine rings is 1. The van der Waals surface area contributed by atoms with Crippen molar-refractivity contribution in [1.29, 1.82) is 0 Å². The molecule has 1 fully saturated rings. The first-order valence-electron chi connectivity index (χ1n) is 10.2. The molecule has 1 saturated heterocycles. The predicted octanol–water partition coefficient (Wildman–Crippen LogP) is 5.15. The topological polar surface area (TPSA) is 20.2 Å². The number of anilines is 1. The Labute approximate surface area is 172 Å². The van der Waals surface area contributed by atoms with E-state index in [1.165, 1.54) is 22.6 Å². The third-order valence-corrected chi connectivity index (χ3v) is 6.41. The van der Waals surface area contributed by atoms with Gasteiger partial charge >= 0.3 is 0 Å². The van der Waals surface area contributed by atoms with Gasteiger partial charge in [-0.15, -0.1) is 6.42 Å². The van der Waals surface area contributed by atoms with Crippen LogP contribution in [0.1, 0.15) is 35.2 Å². The van der Waals surface area contributed by atoms with Crippen molar-refractivity contribution >= 4 is 11.4 Å². The van der Waals surface area contributed by atoms with Gasteiger partial charge in [0.15, 0.2) is 0 Å². The van der Waals surface area contributed by atoms with Gasteiger partial charge in [-0.25, -0.2) is 0 Å². The second-order valence-corrected chi connectivity index (χ2v) is 8.15. The largest absolute Gasteiger partial charge is 0.372 e. The highest BCUT2D eigenvalue weighted by atomic mass is 15.2. The number of hydrogen-bond acceptors (Lipinski definition) is 2. The Hall–Kier alpha value is -3.38. The summed E-state index contributed by atoms with van der Waals surface area (Å²) in [6.07, 6.45) is 9.73. The summed E-state index contributed by atoms with van der Waals surface area (Å²) in [4.78, 5) is 2.40. The van der Waals surface area contributed by atoms with Crippen LogP contribution in [0.4, 0.5) is 5.69 Å². The van der Waals surface area contributed by atoms with Crippen LogP contribution >= 0.6 is 0 Å². The van der Waals surface area contributed by atoms with Gasteiger partial charge in [0.25, 0.3) is 0 Å². The number of terminal acetylenes is 1. The highest BCUT2D eigenvalue weighted by molar-refractivity contribution is 5.68. The molecule has 3 nitrogen and oxygen atoms in total. The zero-order chi connectivity index (χ0) is 20.0. The Kier molecular flexibility index (Phi) is 4.03. The number of fused-ring (bicyclic) bond motifs is 4. The molecule has 29 heavy (non-hydrogen) atoms. The van der Waals surface area contributed by atoms with E-state index < -0.39 is 0 Å². The van der Waals surface area contributed by atoms with Crippen LogP contribution in [-0.4, -0.2) is 22.6 Å². The second kappa shape index (κ2) is 6.60. The molecule has 5 rings (SSSR count). The van der Waals surface area contributed by atoms with Gasteiger partial charge < -0.3 is 14.8 Å². The molecule has 0 amide bonds. The number of hydrogen-bond donors (Lipinski definition) is 1. The molecular formula is C26H25N3. The summed E-state index contributed by atoms with van der Waals surface area (Å²) in [6.45, 7) is 8.45. The van der Waals surface area contributed by atoms with Crippen molar-refractivity contribution in [1.82, 2.24) is 9.47 Å². The number of likely N-dealkylation sites (tertiary alicyclic amines) is 1. The fourth-order valence-corrected chi connectivity index (χ4v) is 4.74. The molecule has 3 heteroatoms. The third-order valence-electron chi connectivity index (χ3n) is 6.41. The molecule has 0 bridgehead atoms. The zero-order valence-electron chi connectivity index (χ0n) is 16.8. The summed E-state index contributed by atoms with van der Waals surface area (Å²) >= 11 is 0. The molecule has 0 radical (unpaired) electrons. The molecule has 0 aliphatic carbocycles. The lowest BCUT2D eigenvalue weighted by Gasteiger charge is -2.47. The SMILES string of the molecule is C#Cc1ccc(C(=C)N2CCC3(CC2)Nc2cc(C)ccc2-n2cccc23)cc1. The van der Waals surface area contributed by atoms with Gasteiger partial charge in [0.2, 0.25) is 0 Å². The fourth-order valence-electron chi connectivity index (χ4n) is 4.74. The first-order valence-corrected chi connectivity index (χ1v) is 10.2. The van der Waals surface area contributed by atoms with Gasteiger partial charge in [0.05, 0.1) is 16.9 Å². The molecule has 0 unspecified atom stereocenters. The number of nitrogens with one attached hydrogen (secondary N) is 1. The van der Waals surface area contributed by atoms with Gasteiger partial charge in [0, 0.05) is 36.2 Å². The van der Waals surface area contributed by atoms with Crippen LogP contribution in [0.25, 0.3) is 11.4 Å². The van der Waals surface area contributed by atoms with E-state index >= 15 is 0 Å². The van der Waals surface area contributed by atoms with Crippen molar-refractivity contribution in [2.45, 2.75) is 25.3 Å². The molecule has 1 spiro atoms. The molecule has 1 N–H and O–H groups in total. The van der Waals surface area contributed by atoms with Crippen molar-refractivity contribution < 1.29 is 0 Å². The van der Waals surface area contributed by atoms with Gasteiger partial charge in [-0.1, -0.05) is 30.7 Å². The highest BCUT2D eigenvalue weighted by Gasteiger charge is 2.41. The Balaban J connectivity index is 1.40. The summed E-state index contributed by atoms with van der Waals surface area (Å²) in [5.74, 6) is 2.68. The van der Waals surface area contributed by atoms with Crippen molar-refractivity contribution in [3.8, 4) is 18.0 Å². The van der Waals surface area contributed by atoms with E-state index in [9.17, 15) is 0 Å². The number of rotatable bonds is 2. The summed E-state index contributed by atoms with van der Waals surface area (Å²) in [5, 5.41) is 3.91. The van der Waals surface area contributed by atoms with Gasteiger partial charge in [-0.05, 0) is 67.3 Å². The maximum atomic E-state index is 5.48. The number of nitrogens with zero attached hydrogens (tertiary/aromatic N) is 2. The average molecular weight is 380 g/mol. The fraction of sp³-hybridized carbons (Fsp3) is 0.231. The summed E-state index contributed by atoms with van der Waals surface area (Å²) < 4.78 is 2.36. The van der Waals surface area contributed by atoms with E-state index in [-0.39, 0.29) is 5.54 Å². The molecule has 2 aliphatic heterocycles. The number of aromatic nitrogens is 1. The van der Waals surface area contributed by atoms with E-state index in [2.05, 4.69) is 82.9 Å². The van der Waals surface area contributed by atoms with Crippen LogP contribution in [-0.2, 0) is 5.54 Å². The first kappa shape index (κ1) is 17.7. The highest BCUT2D eigenvalue weighted by Crippen LogP contribution is 2.44. The Morgan fingerprint density at radius 1 is 1.10 bits per heavy atom. The lowest BCUT2D eigenvalue weighted by Crippen LogP contribution is -2.49. The second-order valence-electron chi connectivity index (χ2n) is 8.15. The first-order chi connectivity index (χ1) is 14.1. The maximum Gasteiger partial charge on any atom is 0.0813 e. The van der Waals surface area contributed by atoms with Crippen molar-refractivity contribution in [2.75, 3.05) is 18.4 Å². The van der Waals surface area contributed by atoms with Gasteiger partial charge in [-0.3, -0.25) is 0 Å². The van der Waals surface area contributed by atoms with E-state index in [0.717, 1.165) is 42.8 Å². The quantitative estimate of drug-likeness (QED) is 0.621. The van der Waals surface area contributed by atoms with Crippen molar-refractivity contribution in [3.05, 3.63) is 89.8 Å². The van der Waals surface area contributed by atoms with Crippen LogP contribution in [0.5, 0.6) is 0 Å². The molecule has 144 valence electrons. The number of benzene rings is 2. The van der Waals surface area contributed by atoms with Crippen LogP contribution in [0.15, 0.2) is 67.4 Å². The molecule has 2 aliphatic rings. The third kappa shape index (κ3) is 2.84. The lowest BCUT2D eigenvalue weighted by molar-refractivity contribution is 0.230. The molecule has 1 aromatic heterocycles. The average Bonchev–Trinajstić information content (AvgIpc) is 3.25. The van der Waals surface area contributed by atoms with E-state index in [1.54, 1.807) is 0 Å². The minimum absolute atomic E-state index is 0.0333. The summed E-state index contributed by atoms with van der Waals surface area (Å²) in [6, 6.07) is 19.2. The van der Waals surface area contributed by atoms with E-state index in [0.29, 0.717) is 0 Å². The van der Waals surface area contributed by atoms with Crippen LogP contribution in [0, 0.1) is 19.3 Å². The molecule has 0 atom stereocenters. The van der Waals surface area contributed by atoms with Crippen LogP contribution in [0.3, 0.4) is 0 Å². The molecule has 3 heterocycles. The van der Waals surface area contributed by atoms with Crippen LogP contribution < -0.4 is 5.32 Å². The Morgan fingerprint density at radius 2 is 1.86 bits per heavy atom. The van der Waals surface area contributed by atoms with Gasteiger partial charge in [0.1, 0.15) is 0 Å². The molecular weight excluding hydrogens is 354 g/mol. The van der Waals surface area contributed by atoms with Crippen molar-refractivity contribution in [3.63, 3.8) is 0 Å². The van der Waals surface area contributed by atoms with E-state index in [1.807, 2.05) is 12.1 Å². The monoisotopic (exact) mass is 379 g/mol. The Morgan fingerprint density at radius 3 is 2.59 bits per heavy atom. The molecule has 2 aromatic carbocycles. The van der Waals surface area contributed by atoms with Gasteiger partial charge in [-0.2, -0.15) is 0 Å². The smallest absolute Gasteiger partial charge is 0.0813 e. The molecule has 3 aromatic rings. The predicted molar refractivity (Wildman–Crippen MR) is 120 cm³/mol. The molecule has 0 saturated carbocycles. The number of aryl methyl sites for hydroxylation is 1. The minimum atomic E-state index is -0.0333. The Bertz CT molecular complexity index is 1120. The van der Waals surface area contributed by atoms with Crippen LogP contribution in [0.2, 0.25) is 0 Å². The maximum absolute atomic E-state index is 5.48. The van der Waals surface area contributed by atoms with E-state index in [4.69, 9.17) is 6.42 Å². The normalized spacial score (nSPS) is 16.5. The zero-order valence-corrected chi connectivity index (χ0v) is 16.8.